The van der Waals surface area contributed by atoms with E-state index in [9.17, 15) is 9.90 Å². The van der Waals surface area contributed by atoms with E-state index >= 15 is 0 Å². The molecular weight excluding hydrogens is 142 g/mol. The van der Waals surface area contributed by atoms with Crippen LogP contribution in [-0.4, -0.2) is 23.2 Å². The van der Waals surface area contributed by atoms with E-state index in [1.165, 1.54) is 0 Å². The molecule has 3 heteroatoms. The maximum atomic E-state index is 10.7. The first-order chi connectivity index (χ1) is 5.24. The Bertz CT molecular complexity index is 195. The molecule has 2 atom stereocenters. The van der Waals surface area contributed by atoms with Crippen LogP contribution in [0.5, 0.6) is 0 Å². The van der Waals surface area contributed by atoms with Gasteiger partial charge in [-0.15, -0.1) is 6.42 Å². The second-order valence-electron chi connectivity index (χ2n) is 2.72. The van der Waals surface area contributed by atoms with Crippen LogP contribution in [0.3, 0.4) is 0 Å². The van der Waals surface area contributed by atoms with E-state index in [0.717, 1.165) is 19.3 Å². The molecule has 11 heavy (non-hydrogen) atoms. The number of carbonyl (C=O) groups is 1. The Labute approximate surface area is 65.8 Å². The van der Waals surface area contributed by atoms with Crippen molar-refractivity contribution in [2.24, 2.45) is 0 Å². The fourth-order valence-electron chi connectivity index (χ4n) is 1.32. The Morgan fingerprint density at radius 3 is 2.82 bits per heavy atom. The Morgan fingerprint density at radius 2 is 2.36 bits per heavy atom. The van der Waals surface area contributed by atoms with Crippen molar-refractivity contribution in [2.45, 2.75) is 31.4 Å². The summed E-state index contributed by atoms with van der Waals surface area (Å²) in [5.41, 5.74) is 0. The van der Waals surface area contributed by atoms with Crippen LogP contribution in [0.4, 0.5) is 0 Å². The number of aliphatic hydroxyl groups is 1. The van der Waals surface area contributed by atoms with Gasteiger partial charge in [0, 0.05) is 0 Å². The van der Waals surface area contributed by atoms with Crippen molar-refractivity contribution < 1.29 is 9.90 Å². The van der Waals surface area contributed by atoms with Gasteiger partial charge in [-0.2, -0.15) is 0 Å². The maximum Gasteiger partial charge on any atom is 0.295 e. The van der Waals surface area contributed by atoms with Gasteiger partial charge in [0.05, 0.1) is 12.1 Å². The summed E-state index contributed by atoms with van der Waals surface area (Å²) in [4.78, 5) is 10.7. The van der Waals surface area contributed by atoms with Gasteiger partial charge in [-0.3, -0.25) is 4.79 Å². The summed E-state index contributed by atoms with van der Waals surface area (Å²) in [6.07, 6.45) is 6.98. The molecule has 0 saturated heterocycles. The lowest BCUT2D eigenvalue weighted by Crippen LogP contribution is -2.39. The fourth-order valence-corrected chi connectivity index (χ4v) is 1.32. The number of nitrogens with one attached hydrogen (secondary N) is 1. The highest BCUT2D eigenvalue weighted by atomic mass is 16.3. The molecule has 0 aromatic rings. The molecule has 0 spiro atoms. The van der Waals surface area contributed by atoms with Crippen LogP contribution in [0.1, 0.15) is 19.3 Å². The van der Waals surface area contributed by atoms with Crippen molar-refractivity contribution in [3.8, 4) is 12.3 Å². The third kappa shape index (κ3) is 1.95. The lowest BCUT2D eigenvalue weighted by molar-refractivity contribution is -0.116. The molecule has 2 unspecified atom stereocenters. The molecule has 1 saturated carbocycles. The quantitative estimate of drug-likeness (QED) is 0.506. The predicted octanol–water partition coefficient (Wildman–Crippen LogP) is -0.351. The second kappa shape index (κ2) is 3.40. The van der Waals surface area contributed by atoms with Crippen molar-refractivity contribution in [1.82, 2.24) is 5.32 Å². The molecule has 0 aromatic carbocycles. The molecule has 1 amide bonds. The minimum absolute atomic E-state index is 0.126. The summed E-state index contributed by atoms with van der Waals surface area (Å²) in [6.45, 7) is 0. The van der Waals surface area contributed by atoms with Crippen LogP contribution in [0.25, 0.3) is 0 Å². The molecule has 0 radical (unpaired) electrons. The summed E-state index contributed by atoms with van der Waals surface area (Å²) >= 11 is 0. The van der Waals surface area contributed by atoms with E-state index in [-0.39, 0.29) is 6.04 Å². The number of terminal acetylenes is 1. The van der Waals surface area contributed by atoms with Gasteiger partial charge in [-0.25, -0.2) is 0 Å². The van der Waals surface area contributed by atoms with Gasteiger partial charge < -0.3 is 10.4 Å². The minimum Gasteiger partial charge on any atom is -0.391 e. The van der Waals surface area contributed by atoms with Crippen LogP contribution < -0.4 is 5.32 Å². The molecule has 1 rings (SSSR count). The standard InChI is InChI=1S/C8H11NO2/c1-2-8(11)9-6-4-3-5-7(6)10/h1,6-7,10H,3-5H2,(H,9,11). The first-order valence-electron chi connectivity index (χ1n) is 3.69. The van der Waals surface area contributed by atoms with Crippen LogP contribution in [-0.2, 0) is 4.79 Å². The van der Waals surface area contributed by atoms with E-state index in [2.05, 4.69) is 5.32 Å². The first-order valence-corrected chi connectivity index (χ1v) is 3.69. The summed E-state index contributed by atoms with van der Waals surface area (Å²) in [6, 6.07) is -0.126. The number of rotatable bonds is 1. The van der Waals surface area contributed by atoms with Gasteiger partial charge in [0.1, 0.15) is 0 Å². The fraction of sp³-hybridized carbons (Fsp3) is 0.625. The summed E-state index contributed by atoms with van der Waals surface area (Å²) in [7, 11) is 0. The Kier molecular flexibility index (Phi) is 2.50. The van der Waals surface area contributed by atoms with Crippen LogP contribution >= 0.6 is 0 Å². The summed E-state index contributed by atoms with van der Waals surface area (Å²) in [5.74, 6) is 1.52. The van der Waals surface area contributed by atoms with Crippen LogP contribution in [0.15, 0.2) is 0 Å². The van der Waals surface area contributed by atoms with Crippen LogP contribution in [0, 0.1) is 12.3 Å². The smallest absolute Gasteiger partial charge is 0.295 e. The van der Waals surface area contributed by atoms with Gasteiger partial charge in [0.2, 0.25) is 0 Å². The third-order valence-electron chi connectivity index (χ3n) is 1.93. The van der Waals surface area contributed by atoms with Crippen molar-refractivity contribution in [1.29, 1.82) is 0 Å². The highest BCUT2D eigenvalue weighted by molar-refractivity contribution is 5.93. The molecule has 1 aliphatic rings. The van der Waals surface area contributed by atoms with E-state index in [1.807, 2.05) is 5.92 Å². The average molecular weight is 153 g/mol. The van der Waals surface area contributed by atoms with Crippen LogP contribution in [0.2, 0.25) is 0 Å². The highest BCUT2D eigenvalue weighted by Gasteiger charge is 2.25. The van der Waals surface area contributed by atoms with E-state index in [1.54, 1.807) is 0 Å². The molecule has 0 aliphatic heterocycles. The zero-order valence-electron chi connectivity index (χ0n) is 6.21. The molecule has 1 fully saturated rings. The Balaban J connectivity index is 2.38. The maximum absolute atomic E-state index is 10.7. The first kappa shape index (κ1) is 8.09. The monoisotopic (exact) mass is 153 g/mol. The van der Waals surface area contributed by atoms with Crippen molar-refractivity contribution in [3.05, 3.63) is 0 Å². The minimum atomic E-state index is -0.434. The van der Waals surface area contributed by atoms with Crippen molar-refractivity contribution in [2.75, 3.05) is 0 Å². The summed E-state index contributed by atoms with van der Waals surface area (Å²) in [5, 5.41) is 11.8. The molecule has 0 heterocycles. The van der Waals surface area contributed by atoms with Crippen molar-refractivity contribution in [3.63, 3.8) is 0 Å². The van der Waals surface area contributed by atoms with Gasteiger partial charge in [-0.1, -0.05) is 0 Å². The zero-order valence-corrected chi connectivity index (χ0v) is 6.21. The molecular formula is C8H11NO2. The van der Waals surface area contributed by atoms with E-state index < -0.39 is 12.0 Å². The lowest BCUT2D eigenvalue weighted by atomic mass is 10.2. The van der Waals surface area contributed by atoms with E-state index in [4.69, 9.17) is 6.42 Å². The number of amides is 1. The van der Waals surface area contributed by atoms with Crippen molar-refractivity contribution >= 4 is 5.91 Å². The number of carbonyl (C=O) groups excluding carboxylic acids is 1. The van der Waals surface area contributed by atoms with Gasteiger partial charge in [0.25, 0.3) is 5.91 Å². The number of aliphatic hydroxyl groups excluding tert-OH is 1. The molecule has 1 aliphatic carbocycles. The largest absolute Gasteiger partial charge is 0.391 e. The van der Waals surface area contributed by atoms with Gasteiger partial charge in [0.15, 0.2) is 0 Å². The topological polar surface area (TPSA) is 49.3 Å². The highest BCUT2D eigenvalue weighted by Crippen LogP contribution is 2.18. The molecule has 60 valence electrons. The Hall–Kier alpha value is -1.01. The Morgan fingerprint density at radius 1 is 1.64 bits per heavy atom. The molecule has 3 nitrogen and oxygen atoms in total. The second-order valence-corrected chi connectivity index (χ2v) is 2.72. The lowest BCUT2D eigenvalue weighted by Gasteiger charge is -2.13. The average Bonchev–Trinajstić information content (AvgIpc) is 2.37. The molecule has 0 bridgehead atoms. The van der Waals surface area contributed by atoms with Gasteiger partial charge in [-0.05, 0) is 25.2 Å². The predicted molar refractivity (Wildman–Crippen MR) is 40.6 cm³/mol. The molecule has 0 aromatic heterocycles. The summed E-state index contributed by atoms with van der Waals surface area (Å²) < 4.78 is 0. The van der Waals surface area contributed by atoms with E-state index in [0.29, 0.717) is 0 Å². The SMILES string of the molecule is C#CC(=O)NC1CCCC1O. The number of hydrogen-bond acceptors (Lipinski definition) is 2. The third-order valence-corrected chi connectivity index (χ3v) is 1.93. The normalized spacial score (nSPS) is 29.5. The zero-order chi connectivity index (χ0) is 8.27. The number of hydrogen-bond donors (Lipinski definition) is 2. The van der Waals surface area contributed by atoms with Gasteiger partial charge >= 0.3 is 0 Å². The molecule has 2 N–H and O–H groups in total.